The Morgan fingerprint density at radius 1 is 1.64 bits per heavy atom. The smallest absolute Gasteiger partial charge is 0.125 e. The second-order valence-electron chi connectivity index (χ2n) is 3.49. The van der Waals surface area contributed by atoms with Gasteiger partial charge in [-0.2, -0.15) is 0 Å². The third kappa shape index (κ3) is 2.35. The van der Waals surface area contributed by atoms with Crippen molar-refractivity contribution < 1.29 is 4.74 Å². The van der Waals surface area contributed by atoms with Gasteiger partial charge >= 0.3 is 0 Å². The van der Waals surface area contributed by atoms with E-state index in [9.17, 15) is 0 Å². The summed E-state index contributed by atoms with van der Waals surface area (Å²) in [7, 11) is 0. The molecular weight excluding hydrogens is 178 g/mol. The number of rotatable bonds is 3. The molecule has 0 radical (unpaired) electrons. The summed E-state index contributed by atoms with van der Waals surface area (Å²) in [6, 6.07) is 3.74. The lowest BCUT2D eigenvalue weighted by Crippen LogP contribution is -2.18. The van der Waals surface area contributed by atoms with Crippen molar-refractivity contribution in [3.05, 3.63) is 18.3 Å². The second-order valence-corrected chi connectivity index (χ2v) is 3.49. The molecule has 0 spiro atoms. The van der Waals surface area contributed by atoms with Crippen LogP contribution >= 0.6 is 0 Å². The van der Waals surface area contributed by atoms with E-state index in [4.69, 9.17) is 10.5 Å². The Morgan fingerprint density at radius 2 is 2.57 bits per heavy atom. The van der Waals surface area contributed by atoms with Crippen LogP contribution in [-0.2, 0) is 4.74 Å². The number of aromatic nitrogens is 1. The van der Waals surface area contributed by atoms with Crippen molar-refractivity contribution >= 4 is 11.5 Å². The molecule has 2 heterocycles. The quantitative estimate of drug-likeness (QED) is 0.758. The molecule has 4 heteroatoms. The Hall–Kier alpha value is -1.29. The van der Waals surface area contributed by atoms with E-state index >= 15 is 0 Å². The lowest BCUT2D eigenvalue weighted by atomic mass is 10.2. The van der Waals surface area contributed by atoms with E-state index in [0.29, 0.717) is 11.9 Å². The average molecular weight is 193 g/mol. The molecule has 14 heavy (non-hydrogen) atoms. The monoisotopic (exact) mass is 193 g/mol. The highest BCUT2D eigenvalue weighted by atomic mass is 16.5. The fourth-order valence-corrected chi connectivity index (χ4v) is 1.60. The molecule has 1 aromatic rings. The van der Waals surface area contributed by atoms with Crippen molar-refractivity contribution in [1.29, 1.82) is 0 Å². The van der Waals surface area contributed by atoms with Crippen LogP contribution in [-0.4, -0.2) is 24.2 Å². The summed E-state index contributed by atoms with van der Waals surface area (Å²) in [6.45, 7) is 1.74. The summed E-state index contributed by atoms with van der Waals surface area (Å²) in [5.74, 6) is 0.544. The normalized spacial score (nSPS) is 21.0. The van der Waals surface area contributed by atoms with Gasteiger partial charge in [0.2, 0.25) is 0 Å². The molecule has 1 fully saturated rings. The fraction of sp³-hybridized carbons (Fsp3) is 0.500. The number of anilines is 2. The molecule has 76 valence electrons. The minimum Gasteiger partial charge on any atom is -0.384 e. The number of ether oxygens (including phenoxy) is 1. The van der Waals surface area contributed by atoms with Gasteiger partial charge in [-0.1, -0.05) is 0 Å². The molecule has 1 saturated heterocycles. The van der Waals surface area contributed by atoms with Gasteiger partial charge < -0.3 is 15.8 Å². The number of nitrogen functional groups attached to an aromatic ring is 1. The van der Waals surface area contributed by atoms with E-state index in [2.05, 4.69) is 10.3 Å². The summed E-state index contributed by atoms with van der Waals surface area (Å²) in [5.41, 5.74) is 6.57. The van der Waals surface area contributed by atoms with Gasteiger partial charge in [0.05, 0.1) is 6.10 Å². The van der Waals surface area contributed by atoms with Gasteiger partial charge in [-0.25, -0.2) is 4.98 Å². The molecule has 0 aliphatic carbocycles. The first-order valence-corrected chi connectivity index (χ1v) is 4.91. The molecule has 2 rings (SSSR count). The van der Waals surface area contributed by atoms with Gasteiger partial charge in [0.15, 0.2) is 0 Å². The zero-order valence-electron chi connectivity index (χ0n) is 8.07. The average Bonchev–Trinajstić information content (AvgIpc) is 2.67. The molecule has 0 saturated carbocycles. The Balaban J connectivity index is 1.85. The van der Waals surface area contributed by atoms with Gasteiger partial charge in [-0.15, -0.1) is 0 Å². The topological polar surface area (TPSA) is 60.2 Å². The molecule has 3 N–H and O–H groups in total. The Morgan fingerprint density at radius 3 is 3.29 bits per heavy atom. The van der Waals surface area contributed by atoms with Crippen molar-refractivity contribution in [2.24, 2.45) is 0 Å². The van der Waals surface area contributed by atoms with Crippen LogP contribution in [0.25, 0.3) is 0 Å². The minimum atomic E-state index is 0.351. The molecule has 1 aliphatic rings. The summed E-state index contributed by atoms with van der Waals surface area (Å²) < 4.78 is 5.50. The lowest BCUT2D eigenvalue weighted by Gasteiger charge is -2.11. The molecular formula is C10H15N3O. The van der Waals surface area contributed by atoms with Crippen molar-refractivity contribution in [3.8, 4) is 0 Å². The fourth-order valence-electron chi connectivity index (χ4n) is 1.60. The number of pyridine rings is 1. The summed E-state index contributed by atoms with van der Waals surface area (Å²) in [6.07, 6.45) is 4.37. The van der Waals surface area contributed by atoms with Gasteiger partial charge in [0, 0.05) is 31.1 Å². The number of hydrogen-bond acceptors (Lipinski definition) is 4. The van der Waals surface area contributed by atoms with E-state index in [-0.39, 0.29) is 0 Å². The van der Waals surface area contributed by atoms with Crippen molar-refractivity contribution in [2.45, 2.75) is 18.9 Å². The maximum absolute atomic E-state index is 5.56. The predicted molar refractivity (Wildman–Crippen MR) is 56.1 cm³/mol. The van der Waals surface area contributed by atoms with Gasteiger partial charge in [0.25, 0.3) is 0 Å². The van der Waals surface area contributed by atoms with E-state index in [1.807, 2.05) is 12.1 Å². The van der Waals surface area contributed by atoms with Crippen LogP contribution < -0.4 is 11.1 Å². The van der Waals surface area contributed by atoms with E-state index < -0.39 is 0 Å². The molecule has 0 amide bonds. The maximum Gasteiger partial charge on any atom is 0.125 e. The van der Waals surface area contributed by atoms with Crippen LogP contribution in [0.4, 0.5) is 11.5 Å². The first-order chi connectivity index (χ1) is 6.84. The van der Waals surface area contributed by atoms with Crippen LogP contribution in [0.5, 0.6) is 0 Å². The van der Waals surface area contributed by atoms with E-state index in [1.165, 1.54) is 6.42 Å². The SMILES string of the molecule is Nc1cc(NCC2CCCO2)ccn1. The summed E-state index contributed by atoms with van der Waals surface area (Å²) >= 11 is 0. The molecule has 1 aromatic heterocycles. The highest BCUT2D eigenvalue weighted by molar-refractivity contribution is 5.49. The highest BCUT2D eigenvalue weighted by Gasteiger charge is 2.14. The molecule has 1 aliphatic heterocycles. The number of nitrogens with two attached hydrogens (primary N) is 1. The molecule has 1 atom stereocenters. The Bertz CT molecular complexity index is 297. The van der Waals surface area contributed by atoms with Crippen molar-refractivity contribution in [2.75, 3.05) is 24.2 Å². The third-order valence-electron chi connectivity index (χ3n) is 2.34. The van der Waals surface area contributed by atoms with Crippen LogP contribution in [0, 0.1) is 0 Å². The number of hydrogen-bond donors (Lipinski definition) is 2. The van der Waals surface area contributed by atoms with E-state index in [0.717, 1.165) is 25.3 Å². The zero-order chi connectivity index (χ0) is 9.80. The van der Waals surface area contributed by atoms with Crippen molar-refractivity contribution in [1.82, 2.24) is 4.98 Å². The van der Waals surface area contributed by atoms with Crippen LogP contribution in [0.15, 0.2) is 18.3 Å². The van der Waals surface area contributed by atoms with Crippen molar-refractivity contribution in [3.63, 3.8) is 0 Å². The summed E-state index contributed by atoms with van der Waals surface area (Å²) in [5, 5.41) is 3.28. The van der Waals surface area contributed by atoms with Crippen LogP contribution in [0.3, 0.4) is 0 Å². The maximum atomic E-state index is 5.56. The van der Waals surface area contributed by atoms with Crippen LogP contribution in [0.1, 0.15) is 12.8 Å². The van der Waals surface area contributed by atoms with Gasteiger partial charge in [-0.05, 0) is 18.9 Å². The largest absolute Gasteiger partial charge is 0.384 e. The second kappa shape index (κ2) is 4.28. The molecule has 0 aromatic carbocycles. The zero-order valence-corrected chi connectivity index (χ0v) is 8.07. The van der Waals surface area contributed by atoms with Gasteiger partial charge in [-0.3, -0.25) is 0 Å². The summed E-state index contributed by atoms with van der Waals surface area (Å²) in [4.78, 5) is 3.93. The molecule has 4 nitrogen and oxygen atoms in total. The standard InChI is InChI=1S/C10H15N3O/c11-10-6-8(3-4-12-10)13-7-9-2-1-5-14-9/h3-4,6,9H,1-2,5,7H2,(H3,11,12,13). The minimum absolute atomic E-state index is 0.351. The third-order valence-corrected chi connectivity index (χ3v) is 2.34. The number of nitrogens with one attached hydrogen (secondary N) is 1. The highest BCUT2D eigenvalue weighted by Crippen LogP contribution is 2.14. The Kier molecular flexibility index (Phi) is 2.84. The Labute approximate surface area is 83.5 Å². The first-order valence-electron chi connectivity index (χ1n) is 4.91. The van der Waals surface area contributed by atoms with E-state index in [1.54, 1.807) is 6.20 Å². The number of nitrogens with zero attached hydrogens (tertiary/aromatic N) is 1. The van der Waals surface area contributed by atoms with Crippen LogP contribution in [0.2, 0.25) is 0 Å². The predicted octanol–water partition coefficient (Wildman–Crippen LogP) is 1.25. The lowest BCUT2D eigenvalue weighted by molar-refractivity contribution is 0.120. The molecule has 0 bridgehead atoms. The first kappa shape index (κ1) is 9.27. The van der Waals surface area contributed by atoms with Gasteiger partial charge in [0.1, 0.15) is 5.82 Å². The molecule has 1 unspecified atom stereocenters.